The van der Waals surface area contributed by atoms with Gasteiger partial charge in [-0.25, -0.2) is 9.18 Å². The first-order valence-electron chi connectivity index (χ1n) is 5.45. The molecule has 1 N–H and O–H groups in total. The Kier molecular flexibility index (Phi) is 3.90. The monoisotopic (exact) mass is 327 g/mol. The fourth-order valence-corrected chi connectivity index (χ4v) is 2.12. The zero-order valence-corrected chi connectivity index (χ0v) is 11.6. The van der Waals surface area contributed by atoms with E-state index in [1.165, 1.54) is 12.3 Å². The summed E-state index contributed by atoms with van der Waals surface area (Å²) >= 11 is 3.27. The number of nitrogens with zero attached hydrogens (tertiary/aromatic N) is 1. The topological polar surface area (TPSA) is 53.7 Å². The highest BCUT2D eigenvalue weighted by Crippen LogP contribution is 2.25. The summed E-state index contributed by atoms with van der Waals surface area (Å²) in [5.74, 6) is -1.63. The van der Waals surface area contributed by atoms with Crippen LogP contribution in [0.4, 0.5) is 10.1 Å². The molecule has 0 radical (unpaired) electrons. The van der Waals surface area contributed by atoms with E-state index >= 15 is 0 Å². The molecule has 0 amide bonds. The van der Waals surface area contributed by atoms with Crippen molar-refractivity contribution in [1.82, 2.24) is 0 Å². The molecule has 1 aromatic heterocycles. The average molecular weight is 328 g/mol. The second-order valence-corrected chi connectivity index (χ2v) is 4.95. The van der Waals surface area contributed by atoms with Crippen LogP contribution in [0.5, 0.6) is 0 Å². The van der Waals surface area contributed by atoms with Gasteiger partial charge < -0.3 is 14.4 Å². The zero-order chi connectivity index (χ0) is 14.0. The molecule has 100 valence electrons. The summed E-state index contributed by atoms with van der Waals surface area (Å²) in [6.07, 6.45) is 1.31. The smallest absolute Gasteiger partial charge is 0.372 e. The van der Waals surface area contributed by atoms with Gasteiger partial charge in [0.1, 0.15) is 5.82 Å². The van der Waals surface area contributed by atoms with Gasteiger partial charge in [0.05, 0.1) is 12.0 Å². The third kappa shape index (κ3) is 2.96. The lowest BCUT2D eigenvalue weighted by atomic mass is 10.2. The molecular weight excluding hydrogens is 317 g/mol. The van der Waals surface area contributed by atoms with E-state index in [9.17, 15) is 9.18 Å². The average Bonchev–Trinajstić information content (AvgIpc) is 2.80. The molecule has 0 saturated carbocycles. The molecular formula is C13H11BrFNO3. The number of carboxylic acid groups (broad SMARTS) is 1. The number of anilines is 1. The summed E-state index contributed by atoms with van der Waals surface area (Å²) in [7, 11) is 1.68. The summed E-state index contributed by atoms with van der Waals surface area (Å²) in [4.78, 5) is 12.6. The first kappa shape index (κ1) is 13.6. The Morgan fingerprint density at radius 3 is 2.89 bits per heavy atom. The van der Waals surface area contributed by atoms with Gasteiger partial charge >= 0.3 is 5.97 Å². The molecule has 2 aromatic rings. The Morgan fingerprint density at radius 1 is 1.47 bits per heavy atom. The number of hydrogen-bond acceptors (Lipinski definition) is 3. The van der Waals surface area contributed by atoms with Crippen molar-refractivity contribution in [3.05, 3.63) is 52.1 Å². The van der Waals surface area contributed by atoms with Gasteiger partial charge in [-0.3, -0.25) is 0 Å². The van der Waals surface area contributed by atoms with Crippen LogP contribution in [0.1, 0.15) is 16.1 Å². The number of carbonyl (C=O) groups is 1. The van der Waals surface area contributed by atoms with Crippen LogP contribution < -0.4 is 4.90 Å². The predicted molar refractivity (Wildman–Crippen MR) is 71.9 cm³/mol. The van der Waals surface area contributed by atoms with Crippen molar-refractivity contribution < 1.29 is 18.7 Å². The third-order valence-corrected chi connectivity index (χ3v) is 3.16. The van der Waals surface area contributed by atoms with E-state index in [1.54, 1.807) is 30.1 Å². The first-order chi connectivity index (χ1) is 8.99. The van der Waals surface area contributed by atoms with E-state index in [-0.39, 0.29) is 18.1 Å². The number of halogens is 2. The van der Waals surface area contributed by atoms with Crippen LogP contribution >= 0.6 is 15.9 Å². The highest BCUT2D eigenvalue weighted by atomic mass is 79.9. The molecule has 2 rings (SSSR count). The van der Waals surface area contributed by atoms with E-state index in [1.807, 2.05) is 0 Å². The molecule has 0 atom stereocenters. The van der Waals surface area contributed by atoms with Crippen molar-refractivity contribution in [2.45, 2.75) is 6.54 Å². The van der Waals surface area contributed by atoms with Gasteiger partial charge in [0.15, 0.2) is 0 Å². The maximum absolute atomic E-state index is 13.7. The Bertz CT molecular complexity index is 612. The second kappa shape index (κ2) is 5.44. The second-order valence-electron chi connectivity index (χ2n) is 4.03. The third-order valence-electron chi connectivity index (χ3n) is 2.67. The summed E-state index contributed by atoms with van der Waals surface area (Å²) < 4.78 is 19.3. The summed E-state index contributed by atoms with van der Waals surface area (Å²) in [6, 6.07) is 6.16. The molecule has 1 aromatic carbocycles. The van der Waals surface area contributed by atoms with Crippen molar-refractivity contribution in [2.75, 3.05) is 11.9 Å². The van der Waals surface area contributed by atoms with Gasteiger partial charge in [0.2, 0.25) is 5.76 Å². The minimum atomic E-state index is -1.14. The van der Waals surface area contributed by atoms with Crippen LogP contribution in [0, 0.1) is 5.82 Å². The fraction of sp³-hybridized carbons (Fsp3) is 0.154. The van der Waals surface area contributed by atoms with E-state index in [4.69, 9.17) is 9.52 Å². The molecule has 6 heteroatoms. The van der Waals surface area contributed by atoms with Gasteiger partial charge in [0.25, 0.3) is 0 Å². The van der Waals surface area contributed by atoms with E-state index in [2.05, 4.69) is 15.9 Å². The van der Waals surface area contributed by atoms with Gasteiger partial charge in [-0.05, 0) is 24.3 Å². The molecule has 19 heavy (non-hydrogen) atoms. The lowest BCUT2D eigenvalue weighted by Gasteiger charge is -2.19. The number of carboxylic acids is 1. The largest absolute Gasteiger partial charge is 0.475 e. The van der Waals surface area contributed by atoms with Crippen LogP contribution in [0.15, 0.2) is 39.4 Å². The van der Waals surface area contributed by atoms with Gasteiger partial charge in [-0.2, -0.15) is 0 Å². The van der Waals surface area contributed by atoms with Crippen molar-refractivity contribution in [3.63, 3.8) is 0 Å². The molecule has 0 aliphatic carbocycles. The fourth-order valence-electron chi connectivity index (χ4n) is 1.77. The van der Waals surface area contributed by atoms with Crippen molar-refractivity contribution in [2.24, 2.45) is 0 Å². The molecule has 0 aliphatic rings. The van der Waals surface area contributed by atoms with Crippen molar-refractivity contribution in [1.29, 1.82) is 0 Å². The zero-order valence-electron chi connectivity index (χ0n) is 10.1. The quantitative estimate of drug-likeness (QED) is 0.933. The molecule has 0 bridgehead atoms. The van der Waals surface area contributed by atoms with Gasteiger partial charge in [-0.1, -0.05) is 15.9 Å². The van der Waals surface area contributed by atoms with Crippen LogP contribution in [-0.4, -0.2) is 18.1 Å². The lowest BCUT2D eigenvalue weighted by Crippen LogP contribution is -2.18. The number of hydrogen-bond donors (Lipinski definition) is 1. The minimum Gasteiger partial charge on any atom is -0.475 e. The summed E-state index contributed by atoms with van der Waals surface area (Å²) in [5.41, 5.74) is 0.876. The molecule has 0 aliphatic heterocycles. The Morgan fingerprint density at radius 2 is 2.21 bits per heavy atom. The first-order valence-corrected chi connectivity index (χ1v) is 6.24. The molecule has 0 unspecified atom stereocenters. The SMILES string of the molecule is CN(Cc1ccoc1C(=O)O)c1cc(Br)ccc1F. The predicted octanol–water partition coefficient (Wildman–Crippen LogP) is 3.52. The standard InChI is InChI=1S/C13H11BrFNO3/c1-16(11-6-9(14)2-3-10(11)15)7-8-4-5-19-12(8)13(17)18/h2-6H,7H2,1H3,(H,17,18). The lowest BCUT2D eigenvalue weighted by molar-refractivity contribution is 0.0661. The molecule has 0 fully saturated rings. The Hall–Kier alpha value is -1.82. The highest BCUT2D eigenvalue weighted by molar-refractivity contribution is 9.10. The van der Waals surface area contributed by atoms with E-state index < -0.39 is 5.97 Å². The van der Waals surface area contributed by atoms with E-state index in [0.29, 0.717) is 11.3 Å². The van der Waals surface area contributed by atoms with E-state index in [0.717, 1.165) is 4.47 Å². The van der Waals surface area contributed by atoms with Crippen molar-refractivity contribution in [3.8, 4) is 0 Å². The summed E-state index contributed by atoms with van der Waals surface area (Å²) in [6.45, 7) is 0.242. The van der Waals surface area contributed by atoms with Gasteiger partial charge in [0, 0.05) is 23.6 Å². The molecule has 4 nitrogen and oxygen atoms in total. The number of furan rings is 1. The Labute approximate surface area is 117 Å². The van der Waals surface area contributed by atoms with Crippen LogP contribution in [0.2, 0.25) is 0 Å². The number of aromatic carboxylic acids is 1. The van der Waals surface area contributed by atoms with Gasteiger partial charge in [-0.15, -0.1) is 0 Å². The van der Waals surface area contributed by atoms with Crippen LogP contribution in [0.25, 0.3) is 0 Å². The highest BCUT2D eigenvalue weighted by Gasteiger charge is 2.17. The molecule has 1 heterocycles. The minimum absolute atomic E-state index is 0.123. The molecule has 0 spiro atoms. The maximum Gasteiger partial charge on any atom is 0.372 e. The molecule has 0 saturated heterocycles. The number of rotatable bonds is 4. The van der Waals surface area contributed by atoms with Crippen molar-refractivity contribution >= 4 is 27.6 Å². The Balaban J connectivity index is 2.25. The van der Waals surface area contributed by atoms with Crippen LogP contribution in [0.3, 0.4) is 0 Å². The maximum atomic E-state index is 13.7. The normalized spacial score (nSPS) is 10.5. The van der Waals surface area contributed by atoms with Crippen LogP contribution in [-0.2, 0) is 6.54 Å². The number of benzene rings is 1. The summed E-state index contributed by atoms with van der Waals surface area (Å²) in [5, 5.41) is 8.94.